The zero-order valence-electron chi connectivity index (χ0n) is 15.3. The van der Waals surface area contributed by atoms with Crippen LogP contribution in [0.25, 0.3) is 0 Å². The Labute approximate surface area is 155 Å². The lowest BCUT2D eigenvalue weighted by atomic mass is 10.1. The number of benzene rings is 2. The Kier molecular flexibility index (Phi) is 5.16. The first kappa shape index (κ1) is 18.6. The second kappa shape index (κ2) is 7.21. The maximum atomic E-state index is 12.6. The summed E-state index contributed by atoms with van der Waals surface area (Å²) in [5, 5.41) is 0. The fourth-order valence-electron chi connectivity index (χ4n) is 3.30. The third kappa shape index (κ3) is 3.97. The van der Waals surface area contributed by atoms with Crippen molar-refractivity contribution >= 4 is 21.6 Å². The highest BCUT2D eigenvalue weighted by Crippen LogP contribution is 2.25. The predicted molar refractivity (Wildman–Crippen MR) is 103 cm³/mol. The van der Waals surface area contributed by atoms with Crippen LogP contribution < -0.4 is 9.62 Å². The lowest BCUT2D eigenvalue weighted by Gasteiger charge is -2.17. The van der Waals surface area contributed by atoms with Gasteiger partial charge in [-0.1, -0.05) is 35.4 Å². The molecule has 0 aromatic heterocycles. The topological polar surface area (TPSA) is 66.5 Å². The summed E-state index contributed by atoms with van der Waals surface area (Å²) in [5.74, 6) is -0.00565. The maximum absolute atomic E-state index is 12.6. The molecule has 5 nitrogen and oxygen atoms in total. The molecule has 1 N–H and O–H groups in total. The number of anilines is 1. The van der Waals surface area contributed by atoms with E-state index < -0.39 is 10.0 Å². The van der Waals surface area contributed by atoms with Gasteiger partial charge in [0.05, 0.1) is 4.90 Å². The molecule has 1 aliphatic heterocycles. The van der Waals surface area contributed by atoms with Gasteiger partial charge in [0.2, 0.25) is 15.9 Å². The molecule has 0 radical (unpaired) electrons. The second-order valence-corrected chi connectivity index (χ2v) is 8.77. The van der Waals surface area contributed by atoms with E-state index in [1.165, 1.54) is 0 Å². The fraction of sp³-hybridized carbons (Fsp3) is 0.350. The SMILES string of the molecule is Cc1ccc(N2C[C@@H](CNS(=O)(=O)c3ccc(C)cc3C)CC2=O)cc1. The highest BCUT2D eigenvalue weighted by Gasteiger charge is 2.31. The van der Waals surface area contributed by atoms with Gasteiger partial charge in [0.1, 0.15) is 0 Å². The van der Waals surface area contributed by atoms with Crippen molar-refractivity contribution in [1.82, 2.24) is 4.72 Å². The van der Waals surface area contributed by atoms with Gasteiger partial charge in [0.15, 0.2) is 0 Å². The van der Waals surface area contributed by atoms with Crippen molar-refractivity contribution in [1.29, 1.82) is 0 Å². The molecule has 2 aromatic rings. The molecule has 1 atom stereocenters. The van der Waals surface area contributed by atoms with E-state index in [-0.39, 0.29) is 18.4 Å². The van der Waals surface area contributed by atoms with Crippen LogP contribution in [0.15, 0.2) is 47.4 Å². The maximum Gasteiger partial charge on any atom is 0.240 e. The van der Waals surface area contributed by atoms with Crippen LogP contribution in [0.3, 0.4) is 0 Å². The van der Waals surface area contributed by atoms with Gasteiger partial charge in [-0.3, -0.25) is 4.79 Å². The van der Waals surface area contributed by atoms with Gasteiger partial charge in [-0.25, -0.2) is 13.1 Å². The third-order valence-electron chi connectivity index (χ3n) is 4.73. The average Bonchev–Trinajstić information content (AvgIpc) is 2.94. The molecule has 0 bridgehead atoms. The van der Waals surface area contributed by atoms with Crippen LogP contribution in [0.2, 0.25) is 0 Å². The average molecular weight is 372 g/mol. The van der Waals surface area contributed by atoms with E-state index >= 15 is 0 Å². The molecule has 0 spiro atoms. The zero-order chi connectivity index (χ0) is 18.9. The van der Waals surface area contributed by atoms with E-state index in [1.807, 2.05) is 44.2 Å². The number of amides is 1. The fourth-order valence-corrected chi connectivity index (χ4v) is 4.64. The van der Waals surface area contributed by atoms with Gasteiger partial charge >= 0.3 is 0 Å². The van der Waals surface area contributed by atoms with Gasteiger partial charge in [-0.15, -0.1) is 0 Å². The molecular weight excluding hydrogens is 348 g/mol. The second-order valence-electron chi connectivity index (χ2n) is 7.03. The van der Waals surface area contributed by atoms with Crippen molar-refractivity contribution in [3.05, 3.63) is 59.2 Å². The molecule has 0 aliphatic carbocycles. The Morgan fingerprint density at radius 2 is 1.69 bits per heavy atom. The van der Waals surface area contributed by atoms with Crippen molar-refractivity contribution in [3.63, 3.8) is 0 Å². The molecule has 2 aromatic carbocycles. The Hall–Kier alpha value is -2.18. The summed E-state index contributed by atoms with van der Waals surface area (Å²) in [6.07, 6.45) is 0.350. The standard InChI is InChI=1S/C20H24N2O3S/c1-14-4-7-18(8-5-14)22-13-17(11-20(22)23)12-21-26(24,25)19-9-6-15(2)10-16(19)3/h4-10,17,21H,11-13H2,1-3H3/t17-/m1/s1. The molecule has 0 unspecified atom stereocenters. The molecule has 1 aliphatic rings. The van der Waals surface area contributed by atoms with Gasteiger partial charge in [-0.05, 0) is 50.5 Å². The minimum Gasteiger partial charge on any atom is -0.312 e. The first-order valence-electron chi connectivity index (χ1n) is 8.70. The number of carbonyl (C=O) groups excluding carboxylic acids is 1. The normalized spacial score (nSPS) is 17.7. The summed E-state index contributed by atoms with van der Waals surface area (Å²) in [6.45, 7) is 6.50. The number of hydrogen-bond acceptors (Lipinski definition) is 3. The lowest BCUT2D eigenvalue weighted by molar-refractivity contribution is -0.117. The van der Waals surface area contributed by atoms with Crippen LogP contribution in [0.1, 0.15) is 23.1 Å². The molecular formula is C20H24N2O3S. The number of aryl methyl sites for hydroxylation is 3. The van der Waals surface area contributed by atoms with Crippen LogP contribution in [0.5, 0.6) is 0 Å². The van der Waals surface area contributed by atoms with Crippen LogP contribution in [-0.2, 0) is 14.8 Å². The van der Waals surface area contributed by atoms with Crippen molar-refractivity contribution in [2.24, 2.45) is 5.92 Å². The monoisotopic (exact) mass is 372 g/mol. The van der Waals surface area contributed by atoms with E-state index in [4.69, 9.17) is 0 Å². The first-order chi connectivity index (χ1) is 12.3. The minimum atomic E-state index is -3.58. The molecule has 1 amide bonds. The molecule has 1 fully saturated rings. The number of hydrogen-bond donors (Lipinski definition) is 1. The molecule has 26 heavy (non-hydrogen) atoms. The van der Waals surface area contributed by atoms with Crippen molar-refractivity contribution in [2.45, 2.75) is 32.1 Å². The summed E-state index contributed by atoms with van der Waals surface area (Å²) in [5.41, 5.74) is 3.75. The van der Waals surface area contributed by atoms with Crippen LogP contribution in [-0.4, -0.2) is 27.4 Å². The molecule has 0 saturated carbocycles. The van der Waals surface area contributed by atoms with Crippen LogP contribution in [0, 0.1) is 26.7 Å². The van der Waals surface area contributed by atoms with E-state index in [2.05, 4.69) is 4.72 Å². The highest BCUT2D eigenvalue weighted by atomic mass is 32.2. The van der Waals surface area contributed by atoms with Gasteiger partial charge in [0, 0.05) is 25.2 Å². The molecule has 1 saturated heterocycles. The van der Waals surface area contributed by atoms with Gasteiger partial charge in [-0.2, -0.15) is 0 Å². The highest BCUT2D eigenvalue weighted by molar-refractivity contribution is 7.89. The predicted octanol–water partition coefficient (Wildman–Crippen LogP) is 2.94. The molecule has 3 rings (SSSR count). The number of sulfonamides is 1. The Bertz CT molecular complexity index is 921. The first-order valence-corrected chi connectivity index (χ1v) is 10.2. The van der Waals surface area contributed by atoms with Crippen LogP contribution >= 0.6 is 0 Å². The summed E-state index contributed by atoms with van der Waals surface area (Å²) >= 11 is 0. The molecule has 138 valence electrons. The van der Waals surface area contributed by atoms with Crippen molar-refractivity contribution < 1.29 is 13.2 Å². The van der Waals surface area contributed by atoms with E-state index in [0.29, 0.717) is 17.9 Å². The number of rotatable bonds is 5. The number of nitrogens with one attached hydrogen (secondary N) is 1. The smallest absolute Gasteiger partial charge is 0.240 e. The Morgan fingerprint density at radius 1 is 1.04 bits per heavy atom. The number of carbonyl (C=O) groups is 1. The molecule has 6 heteroatoms. The Balaban J connectivity index is 1.66. The third-order valence-corrected chi connectivity index (χ3v) is 6.32. The van der Waals surface area contributed by atoms with Crippen molar-refractivity contribution in [2.75, 3.05) is 18.0 Å². The quantitative estimate of drug-likeness (QED) is 0.877. The lowest BCUT2D eigenvalue weighted by Crippen LogP contribution is -2.31. The summed E-state index contributed by atoms with van der Waals surface area (Å²) < 4.78 is 27.8. The van der Waals surface area contributed by atoms with Gasteiger partial charge in [0.25, 0.3) is 0 Å². The zero-order valence-corrected chi connectivity index (χ0v) is 16.1. The summed E-state index contributed by atoms with van der Waals surface area (Å²) in [4.78, 5) is 14.3. The van der Waals surface area contributed by atoms with E-state index in [9.17, 15) is 13.2 Å². The minimum absolute atomic E-state index is 0.0320. The summed E-state index contributed by atoms with van der Waals surface area (Å²) in [7, 11) is -3.58. The van der Waals surface area contributed by atoms with E-state index in [1.54, 1.807) is 24.0 Å². The van der Waals surface area contributed by atoms with Crippen molar-refractivity contribution in [3.8, 4) is 0 Å². The summed E-state index contributed by atoms with van der Waals surface area (Å²) in [6, 6.07) is 13.1. The largest absolute Gasteiger partial charge is 0.312 e. The van der Waals surface area contributed by atoms with E-state index in [0.717, 1.165) is 22.4 Å². The Morgan fingerprint density at radius 3 is 2.35 bits per heavy atom. The number of nitrogens with zero attached hydrogens (tertiary/aromatic N) is 1. The van der Waals surface area contributed by atoms with Crippen LogP contribution in [0.4, 0.5) is 5.69 Å². The molecule has 1 heterocycles. The van der Waals surface area contributed by atoms with Gasteiger partial charge < -0.3 is 4.90 Å².